The SMILES string of the molecule is OC1(c2ccc(Br)cc2)CCCCCC1c1nc[nH]n1. The average molecular weight is 336 g/mol. The van der Waals surface area contributed by atoms with Gasteiger partial charge in [-0.25, -0.2) is 4.98 Å². The van der Waals surface area contributed by atoms with Crippen LogP contribution in [-0.2, 0) is 5.60 Å². The Labute approximate surface area is 126 Å². The minimum absolute atomic E-state index is 0.0441. The first-order valence-electron chi connectivity index (χ1n) is 7.04. The van der Waals surface area contributed by atoms with E-state index in [0.29, 0.717) is 0 Å². The second-order valence-corrected chi connectivity index (χ2v) is 6.36. The fraction of sp³-hybridized carbons (Fsp3) is 0.467. The van der Waals surface area contributed by atoms with E-state index >= 15 is 0 Å². The molecule has 1 aromatic heterocycles. The van der Waals surface area contributed by atoms with Crippen LogP contribution in [0.4, 0.5) is 0 Å². The van der Waals surface area contributed by atoms with Crippen molar-refractivity contribution < 1.29 is 5.11 Å². The summed E-state index contributed by atoms with van der Waals surface area (Å²) in [6.45, 7) is 0. The number of nitrogens with one attached hydrogen (secondary N) is 1. The quantitative estimate of drug-likeness (QED) is 0.825. The summed E-state index contributed by atoms with van der Waals surface area (Å²) in [5.74, 6) is 0.676. The van der Waals surface area contributed by atoms with E-state index in [1.54, 1.807) is 6.33 Å². The monoisotopic (exact) mass is 335 g/mol. The van der Waals surface area contributed by atoms with Crippen molar-refractivity contribution in [2.24, 2.45) is 0 Å². The molecule has 1 aromatic carbocycles. The molecule has 1 saturated carbocycles. The fourth-order valence-electron chi connectivity index (χ4n) is 3.15. The number of benzene rings is 1. The molecular formula is C15H18BrN3O. The summed E-state index contributed by atoms with van der Waals surface area (Å²) < 4.78 is 1.02. The highest BCUT2D eigenvalue weighted by Crippen LogP contribution is 2.45. The molecule has 3 rings (SSSR count). The van der Waals surface area contributed by atoms with Crippen LogP contribution in [0.2, 0.25) is 0 Å². The molecule has 0 spiro atoms. The maximum Gasteiger partial charge on any atom is 0.156 e. The van der Waals surface area contributed by atoms with Crippen molar-refractivity contribution in [1.29, 1.82) is 0 Å². The summed E-state index contributed by atoms with van der Waals surface area (Å²) in [5, 5.41) is 18.3. The molecule has 0 aliphatic heterocycles. The molecule has 0 amide bonds. The molecule has 0 radical (unpaired) electrons. The number of aromatic nitrogens is 3. The van der Waals surface area contributed by atoms with Gasteiger partial charge in [-0.3, -0.25) is 5.10 Å². The Morgan fingerprint density at radius 3 is 2.70 bits per heavy atom. The lowest BCUT2D eigenvalue weighted by atomic mass is 9.77. The van der Waals surface area contributed by atoms with Gasteiger partial charge in [0.2, 0.25) is 0 Å². The molecule has 2 N–H and O–H groups in total. The lowest BCUT2D eigenvalue weighted by molar-refractivity contribution is -0.00243. The largest absolute Gasteiger partial charge is 0.384 e. The Morgan fingerprint density at radius 1 is 1.20 bits per heavy atom. The van der Waals surface area contributed by atoms with E-state index in [4.69, 9.17) is 0 Å². The third kappa shape index (κ3) is 2.52. The van der Waals surface area contributed by atoms with Gasteiger partial charge in [-0.15, -0.1) is 0 Å². The van der Waals surface area contributed by atoms with Gasteiger partial charge in [0.25, 0.3) is 0 Å². The van der Waals surface area contributed by atoms with Gasteiger partial charge in [0.15, 0.2) is 5.82 Å². The van der Waals surface area contributed by atoms with Crippen LogP contribution < -0.4 is 0 Å². The highest BCUT2D eigenvalue weighted by Gasteiger charge is 2.41. The maximum absolute atomic E-state index is 11.3. The van der Waals surface area contributed by atoms with Crippen molar-refractivity contribution >= 4 is 15.9 Å². The molecule has 4 nitrogen and oxygen atoms in total. The van der Waals surface area contributed by atoms with E-state index in [2.05, 4.69) is 31.1 Å². The van der Waals surface area contributed by atoms with Gasteiger partial charge in [-0.05, 0) is 30.5 Å². The maximum atomic E-state index is 11.3. The average Bonchev–Trinajstić information content (AvgIpc) is 2.90. The van der Waals surface area contributed by atoms with Crippen molar-refractivity contribution in [1.82, 2.24) is 15.2 Å². The van der Waals surface area contributed by atoms with Crippen molar-refractivity contribution in [2.45, 2.75) is 43.6 Å². The van der Waals surface area contributed by atoms with E-state index in [-0.39, 0.29) is 5.92 Å². The molecule has 1 aliphatic carbocycles. The molecule has 2 unspecified atom stereocenters. The lowest BCUT2D eigenvalue weighted by Crippen LogP contribution is -2.33. The van der Waals surface area contributed by atoms with E-state index in [1.165, 1.54) is 0 Å². The van der Waals surface area contributed by atoms with Crippen LogP contribution in [0.15, 0.2) is 35.1 Å². The second-order valence-electron chi connectivity index (χ2n) is 5.44. The number of hydrogen-bond donors (Lipinski definition) is 2. The first-order valence-corrected chi connectivity index (χ1v) is 7.83. The number of aliphatic hydroxyl groups is 1. The van der Waals surface area contributed by atoms with E-state index in [9.17, 15) is 5.11 Å². The molecule has 1 fully saturated rings. The lowest BCUT2D eigenvalue weighted by Gasteiger charge is -2.34. The van der Waals surface area contributed by atoms with E-state index in [0.717, 1.165) is 48.0 Å². The van der Waals surface area contributed by atoms with Crippen LogP contribution >= 0.6 is 15.9 Å². The van der Waals surface area contributed by atoms with Crippen LogP contribution in [-0.4, -0.2) is 20.3 Å². The third-order valence-electron chi connectivity index (χ3n) is 4.22. The number of H-pyrrole nitrogens is 1. The molecule has 0 bridgehead atoms. The second kappa shape index (κ2) is 5.66. The van der Waals surface area contributed by atoms with Crippen molar-refractivity contribution in [3.63, 3.8) is 0 Å². The van der Waals surface area contributed by atoms with Crippen molar-refractivity contribution in [2.75, 3.05) is 0 Å². The van der Waals surface area contributed by atoms with Crippen LogP contribution in [0.5, 0.6) is 0 Å². The normalized spacial score (nSPS) is 27.2. The molecule has 0 saturated heterocycles. The Hall–Kier alpha value is -1.20. The van der Waals surface area contributed by atoms with Gasteiger partial charge < -0.3 is 5.11 Å². The molecule has 5 heteroatoms. The van der Waals surface area contributed by atoms with E-state index < -0.39 is 5.60 Å². The summed E-state index contributed by atoms with van der Waals surface area (Å²) in [5.41, 5.74) is 0.0803. The number of aromatic amines is 1. The summed E-state index contributed by atoms with van der Waals surface area (Å²) >= 11 is 3.45. The zero-order valence-electron chi connectivity index (χ0n) is 11.2. The van der Waals surface area contributed by atoms with Crippen LogP contribution in [0.25, 0.3) is 0 Å². The molecule has 106 valence electrons. The number of nitrogens with zero attached hydrogens (tertiary/aromatic N) is 2. The number of rotatable bonds is 2. The summed E-state index contributed by atoms with van der Waals surface area (Å²) in [6.07, 6.45) is 6.56. The molecule has 2 aromatic rings. The molecule has 20 heavy (non-hydrogen) atoms. The van der Waals surface area contributed by atoms with Crippen molar-refractivity contribution in [3.05, 3.63) is 46.5 Å². The van der Waals surface area contributed by atoms with Gasteiger partial charge in [-0.1, -0.05) is 47.3 Å². The first-order chi connectivity index (χ1) is 9.70. The molecule has 1 heterocycles. The molecule has 1 aliphatic rings. The smallest absolute Gasteiger partial charge is 0.156 e. The Kier molecular flexibility index (Phi) is 3.89. The zero-order chi connectivity index (χ0) is 14.0. The summed E-state index contributed by atoms with van der Waals surface area (Å²) in [7, 11) is 0. The highest BCUT2D eigenvalue weighted by molar-refractivity contribution is 9.10. The summed E-state index contributed by atoms with van der Waals surface area (Å²) in [4.78, 5) is 4.28. The minimum atomic E-state index is -0.876. The highest BCUT2D eigenvalue weighted by atomic mass is 79.9. The van der Waals surface area contributed by atoms with Gasteiger partial charge in [0.1, 0.15) is 6.33 Å². The van der Waals surface area contributed by atoms with Crippen LogP contribution in [0.3, 0.4) is 0 Å². The van der Waals surface area contributed by atoms with Crippen LogP contribution in [0, 0.1) is 0 Å². The summed E-state index contributed by atoms with van der Waals surface area (Å²) in [6, 6.07) is 7.95. The van der Waals surface area contributed by atoms with Crippen LogP contribution in [0.1, 0.15) is 49.4 Å². The number of hydrogen-bond acceptors (Lipinski definition) is 3. The first kappa shape index (κ1) is 13.8. The van der Waals surface area contributed by atoms with E-state index in [1.807, 2.05) is 24.3 Å². The minimum Gasteiger partial charge on any atom is -0.384 e. The Morgan fingerprint density at radius 2 is 2.00 bits per heavy atom. The predicted octanol–water partition coefficient (Wildman–Crippen LogP) is 3.50. The van der Waals surface area contributed by atoms with Gasteiger partial charge in [0, 0.05) is 4.47 Å². The number of halogens is 1. The zero-order valence-corrected chi connectivity index (χ0v) is 12.8. The third-order valence-corrected chi connectivity index (χ3v) is 4.75. The molecule has 2 atom stereocenters. The Bertz CT molecular complexity index is 555. The topological polar surface area (TPSA) is 61.8 Å². The standard InChI is InChI=1S/C15H18BrN3O/c16-12-7-5-11(6-8-12)15(20)9-3-1-2-4-13(15)14-17-10-18-19-14/h5-8,10,13,20H,1-4,9H2,(H,17,18,19). The van der Waals surface area contributed by atoms with Gasteiger partial charge in [-0.2, -0.15) is 5.10 Å². The fourth-order valence-corrected chi connectivity index (χ4v) is 3.41. The molecular weight excluding hydrogens is 318 g/mol. The van der Waals surface area contributed by atoms with Gasteiger partial charge in [0.05, 0.1) is 11.5 Å². The Balaban J connectivity index is 2.02. The predicted molar refractivity (Wildman–Crippen MR) is 80.2 cm³/mol. The van der Waals surface area contributed by atoms with Gasteiger partial charge >= 0.3 is 0 Å². The van der Waals surface area contributed by atoms with Crippen molar-refractivity contribution in [3.8, 4) is 0 Å².